The number of nitrogens with zero attached hydrogens (tertiary/aromatic N) is 3. The lowest BCUT2D eigenvalue weighted by atomic mass is 10.0. The lowest BCUT2D eigenvalue weighted by Gasteiger charge is -2.28. The fraction of sp³-hybridized carbons (Fsp3) is 0.786. The molecule has 1 saturated heterocycles. The number of aromatic nitrogens is 2. The smallest absolute Gasteiger partial charge is 0.0537 e. The summed E-state index contributed by atoms with van der Waals surface area (Å²) < 4.78 is 2.07. The van der Waals surface area contributed by atoms with E-state index in [4.69, 9.17) is 0 Å². The zero-order valence-corrected chi connectivity index (χ0v) is 11.9. The molecule has 1 N–H and O–H groups in total. The van der Waals surface area contributed by atoms with Gasteiger partial charge in [-0.2, -0.15) is 5.10 Å². The number of rotatable bonds is 5. The van der Waals surface area contributed by atoms with E-state index >= 15 is 0 Å². The molecule has 0 amide bonds. The molecule has 102 valence electrons. The van der Waals surface area contributed by atoms with E-state index in [0.29, 0.717) is 6.04 Å². The lowest BCUT2D eigenvalue weighted by molar-refractivity contribution is 0.256. The molecule has 0 radical (unpaired) electrons. The van der Waals surface area contributed by atoms with E-state index in [9.17, 15) is 0 Å². The standard InChI is InChI=1S/C14H26N4/c1-4-18-12(2)13(9-16-18)10-17(3)11-14-7-5-6-8-15-14/h9,14-15H,4-8,10-11H2,1-3H3. The second-order valence-electron chi connectivity index (χ2n) is 5.41. The summed E-state index contributed by atoms with van der Waals surface area (Å²) in [6.45, 7) is 8.59. The molecule has 2 rings (SSSR count). The third kappa shape index (κ3) is 3.33. The Balaban J connectivity index is 1.85. The second kappa shape index (κ2) is 6.34. The van der Waals surface area contributed by atoms with Crippen LogP contribution in [-0.2, 0) is 13.1 Å². The van der Waals surface area contributed by atoms with Crippen molar-refractivity contribution in [3.8, 4) is 0 Å². The molecular weight excluding hydrogens is 224 g/mol. The van der Waals surface area contributed by atoms with Crippen molar-refractivity contribution in [1.82, 2.24) is 20.0 Å². The van der Waals surface area contributed by atoms with Crippen LogP contribution in [0.5, 0.6) is 0 Å². The van der Waals surface area contributed by atoms with Crippen molar-refractivity contribution in [3.63, 3.8) is 0 Å². The van der Waals surface area contributed by atoms with Crippen LogP contribution in [0.4, 0.5) is 0 Å². The van der Waals surface area contributed by atoms with Gasteiger partial charge in [-0.3, -0.25) is 4.68 Å². The predicted octanol–water partition coefficient (Wildman–Crippen LogP) is 1.79. The molecule has 4 nitrogen and oxygen atoms in total. The minimum Gasteiger partial charge on any atom is -0.313 e. The number of nitrogens with one attached hydrogen (secondary N) is 1. The summed E-state index contributed by atoms with van der Waals surface area (Å²) in [7, 11) is 2.21. The Morgan fingerprint density at radius 1 is 1.50 bits per heavy atom. The molecule has 18 heavy (non-hydrogen) atoms. The Labute approximate surface area is 110 Å². The molecule has 2 heterocycles. The van der Waals surface area contributed by atoms with Gasteiger partial charge in [0.25, 0.3) is 0 Å². The van der Waals surface area contributed by atoms with Gasteiger partial charge < -0.3 is 10.2 Å². The van der Waals surface area contributed by atoms with Gasteiger partial charge >= 0.3 is 0 Å². The van der Waals surface area contributed by atoms with Crippen LogP contribution < -0.4 is 5.32 Å². The average Bonchev–Trinajstić information content (AvgIpc) is 2.71. The molecule has 1 aromatic heterocycles. The van der Waals surface area contributed by atoms with Gasteiger partial charge in [-0.1, -0.05) is 6.42 Å². The largest absolute Gasteiger partial charge is 0.313 e. The molecule has 0 aliphatic carbocycles. The highest BCUT2D eigenvalue weighted by atomic mass is 15.3. The Kier molecular flexibility index (Phi) is 4.78. The van der Waals surface area contributed by atoms with Crippen LogP contribution in [0.3, 0.4) is 0 Å². The van der Waals surface area contributed by atoms with Gasteiger partial charge in [0.1, 0.15) is 0 Å². The fourth-order valence-electron chi connectivity index (χ4n) is 2.77. The van der Waals surface area contributed by atoms with Gasteiger partial charge in [0.2, 0.25) is 0 Å². The molecule has 1 aliphatic heterocycles. The predicted molar refractivity (Wildman–Crippen MR) is 74.6 cm³/mol. The Morgan fingerprint density at radius 3 is 2.94 bits per heavy atom. The molecule has 0 aromatic carbocycles. The van der Waals surface area contributed by atoms with Gasteiger partial charge in [0, 0.05) is 36.9 Å². The maximum atomic E-state index is 4.41. The van der Waals surface area contributed by atoms with Crippen molar-refractivity contribution in [2.24, 2.45) is 0 Å². The van der Waals surface area contributed by atoms with Crippen LogP contribution >= 0.6 is 0 Å². The normalized spacial score (nSPS) is 20.6. The van der Waals surface area contributed by atoms with E-state index in [1.807, 2.05) is 6.20 Å². The van der Waals surface area contributed by atoms with Crippen LogP contribution in [0.2, 0.25) is 0 Å². The zero-order chi connectivity index (χ0) is 13.0. The quantitative estimate of drug-likeness (QED) is 0.865. The van der Waals surface area contributed by atoms with E-state index in [1.165, 1.54) is 37.1 Å². The van der Waals surface area contributed by atoms with Crippen LogP contribution in [0.1, 0.15) is 37.4 Å². The van der Waals surface area contributed by atoms with Gasteiger partial charge in [-0.05, 0) is 40.3 Å². The first-order valence-electron chi connectivity index (χ1n) is 7.14. The molecule has 1 aliphatic rings. The Hall–Kier alpha value is -0.870. The van der Waals surface area contributed by atoms with Gasteiger partial charge in [0.05, 0.1) is 6.20 Å². The summed E-state index contributed by atoms with van der Waals surface area (Å²) in [5.74, 6) is 0. The Morgan fingerprint density at radius 2 is 2.33 bits per heavy atom. The highest BCUT2D eigenvalue weighted by molar-refractivity contribution is 5.15. The van der Waals surface area contributed by atoms with Crippen molar-refractivity contribution in [3.05, 3.63) is 17.5 Å². The highest BCUT2D eigenvalue weighted by Gasteiger charge is 2.15. The molecule has 1 atom stereocenters. The van der Waals surface area contributed by atoms with Crippen LogP contribution in [-0.4, -0.2) is 40.9 Å². The topological polar surface area (TPSA) is 33.1 Å². The van der Waals surface area contributed by atoms with Crippen molar-refractivity contribution < 1.29 is 0 Å². The number of piperidine rings is 1. The number of aryl methyl sites for hydroxylation is 1. The molecule has 0 saturated carbocycles. The van der Waals surface area contributed by atoms with E-state index in [2.05, 4.69) is 40.9 Å². The van der Waals surface area contributed by atoms with E-state index in [0.717, 1.165) is 19.6 Å². The highest BCUT2D eigenvalue weighted by Crippen LogP contribution is 2.12. The van der Waals surface area contributed by atoms with Gasteiger partial charge in [-0.25, -0.2) is 0 Å². The fourth-order valence-corrected chi connectivity index (χ4v) is 2.77. The van der Waals surface area contributed by atoms with Gasteiger partial charge in [0.15, 0.2) is 0 Å². The van der Waals surface area contributed by atoms with Crippen molar-refractivity contribution in [1.29, 1.82) is 0 Å². The summed E-state index contributed by atoms with van der Waals surface area (Å²) in [5, 5.41) is 8.01. The molecule has 4 heteroatoms. The third-order valence-electron chi connectivity index (χ3n) is 3.89. The average molecular weight is 250 g/mol. The van der Waals surface area contributed by atoms with Crippen molar-refractivity contribution in [2.75, 3.05) is 20.1 Å². The van der Waals surface area contributed by atoms with E-state index < -0.39 is 0 Å². The van der Waals surface area contributed by atoms with E-state index in [-0.39, 0.29) is 0 Å². The van der Waals surface area contributed by atoms with Crippen molar-refractivity contribution >= 4 is 0 Å². The first-order chi connectivity index (χ1) is 8.70. The summed E-state index contributed by atoms with van der Waals surface area (Å²) in [4.78, 5) is 2.41. The molecule has 1 aromatic rings. The SMILES string of the molecule is CCn1ncc(CN(C)CC2CCCCN2)c1C. The summed E-state index contributed by atoms with van der Waals surface area (Å²) in [5.41, 5.74) is 2.66. The Bertz CT molecular complexity index is 366. The molecule has 0 bridgehead atoms. The number of likely N-dealkylation sites (N-methyl/N-ethyl adjacent to an activating group) is 1. The summed E-state index contributed by atoms with van der Waals surface area (Å²) >= 11 is 0. The van der Waals surface area contributed by atoms with Crippen LogP contribution in [0.15, 0.2) is 6.20 Å². The lowest BCUT2D eigenvalue weighted by Crippen LogP contribution is -2.42. The molecule has 1 fully saturated rings. The van der Waals surface area contributed by atoms with E-state index in [1.54, 1.807) is 0 Å². The summed E-state index contributed by atoms with van der Waals surface area (Å²) in [6.07, 6.45) is 6.04. The third-order valence-corrected chi connectivity index (χ3v) is 3.89. The maximum absolute atomic E-state index is 4.41. The minimum absolute atomic E-state index is 0.672. The molecule has 1 unspecified atom stereocenters. The number of hydrogen-bond donors (Lipinski definition) is 1. The summed E-state index contributed by atoms with van der Waals surface area (Å²) in [6, 6.07) is 0.672. The number of hydrogen-bond acceptors (Lipinski definition) is 3. The van der Waals surface area contributed by atoms with Crippen LogP contribution in [0.25, 0.3) is 0 Å². The second-order valence-corrected chi connectivity index (χ2v) is 5.41. The van der Waals surface area contributed by atoms with Crippen molar-refractivity contribution in [2.45, 2.75) is 52.2 Å². The monoisotopic (exact) mass is 250 g/mol. The van der Waals surface area contributed by atoms with Gasteiger partial charge in [-0.15, -0.1) is 0 Å². The van der Waals surface area contributed by atoms with Crippen LogP contribution in [0, 0.1) is 6.92 Å². The first kappa shape index (κ1) is 13.6. The first-order valence-corrected chi connectivity index (χ1v) is 7.14. The minimum atomic E-state index is 0.672. The molecular formula is C14H26N4. The zero-order valence-electron chi connectivity index (χ0n) is 11.9. The maximum Gasteiger partial charge on any atom is 0.0537 e. The molecule has 0 spiro atoms.